The highest BCUT2D eigenvalue weighted by Crippen LogP contribution is 2.19. The fraction of sp³-hybridized carbons (Fsp3) is 0.455. The van der Waals surface area contributed by atoms with E-state index < -0.39 is 0 Å². The molecule has 29 heavy (non-hydrogen) atoms. The fourth-order valence-electron chi connectivity index (χ4n) is 3.23. The predicted molar refractivity (Wildman–Crippen MR) is 130 cm³/mol. The molecule has 0 amide bonds. The number of benzene rings is 1. The van der Waals surface area contributed by atoms with E-state index in [0.717, 1.165) is 44.0 Å². The molecule has 1 aromatic carbocycles. The summed E-state index contributed by atoms with van der Waals surface area (Å²) in [4.78, 5) is 11.5. The van der Waals surface area contributed by atoms with Gasteiger partial charge >= 0.3 is 0 Å². The van der Waals surface area contributed by atoms with Crippen molar-refractivity contribution in [1.82, 2.24) is 15.6 Å². The van der Waals surface area contributed by atoms with E-state index in [-0.39, 0.29) is 24.0 Å². The average Bonchev–Trinajstić information content (AvgIpc) is 3.20. The first-order valence-electron chi connectivity index (χ1n) is 10.2. The van der Waals surface area contributed by atoms with Gasteiger partial charge in [0.15, 0.2) is 5.96 Å². The fourth-order valence-corrected chi connectivity index (χ4v) is 3.23. The van der Waals surface area contributed by atoms with E-state index in [1.165, 1.54) is 5.69 Å². The second-order valence-electron chi connectivity index (χ2n) is 6.96. The third-order valence-corrected chi connectivity index (χ3v) is 4.67. The molecule has 158 valence electrons. The highest BCUT2D eigenvalue weighted by Gasteiger charge is 2.23. The standard InChI is InChI=1S/C22H31N5O.HI/c1-3-14-28-21-11-10-18(15-24-21)16-25-22(23-4-2)26-19-12-13-27(17-19)20-8-6-5-7-9-20;/h5-11,15,19H,3-4,12-14,16-17H2,1-2H3,(H2,23,25,26);1H. The van der Waals surface area contributed by atoms with Crippen LogP contribution < -0.4 is 20.3 Å². The lowest BCUT2D eigenvalue weighted by atomic mass is 10.2. The number of aromatic nitrogens is 1. The second-order valence-corrected chi connectivity index (χ2v) is 6.96. The normalized spacial score (nSPS) is 16.3. The van der Waals surface area contributed by atoms with Gasteiger partial charge in [-0.3, -0.25) is 0 Å². The average molecular weight is 509 g/mol. The number of para-hydroxylation sites is 1. The van der Waals surface area contributed by atoms with Crippen LogP contribution in [0.15, 0.2) is 53.7 Å². The van der Waals surface area contributed by atoms with Crippen LogP contribution in [-0.2, 0) is 6.54 Å². The van der Waals surface area contributed by atoms with Gasteiger partial charge in [-0.25, -0.2) is 9.98 Å². The topological polar surface area (TPSA) is 61.8 Å². The first kappa shape index (κ1) is 23.3. The Bertz CT molecular complexity index is 739. The monoisotopic (exact) mass is 509 g/mol. The van der Waals surface area contributed by atoms with Crippen LogP contribution in [0.5, 0.6) is 5.88 Å². The van der Waals surface area contributed by atoms with Crippen LogP contribution >= 0.6 is 24.0 Å². The van der Waals surface area contributed by atoms with Crippen LogP contribution in [0.1, 0.15) is 32.3 Å². The Morgan fingerprint density at radius 1 is 1.21 bits per heavy atom. The summed E-state index contributed by atoms with van der Waals surface area (Å²) in [5, 5.41) is 6.93. The molecular weight excluding hydrogens is 477 g/mol. The molecule has 1 atom stereocenters. The number of hydrogen-bond acceptors (Lipinski definition) is 4. The van der Waals surface area contributed by atoms with Gasteiger partial charge in [-0.15, -0.1) is 24.0 Å². The molecule has 0 radical (unpaired) electrons. The maximum atomic E-state index is 5.53. The largest absolute Gasteiger partial charge is 0.478 e. The number of halogens is 1. The molecule has 1 saturated heterocycles. The van der Waals surface area contributed by atoms with Crippen LogP contribution in [-0.4, -0.2) is 43.2 Å². The van der Waals surface area contributed by atoms with Crippen LogP contribution in [0.4, 0.5) is 5.69 Å². The second kappa shape index (κ2) is 12.5. The smallest absolute Gasteiger partial charge is 0.213 e. The maximum Gasteiger partial charge on any atom is 0.213 e. The Morgan fingerprint density at radius 3 is 2.72 bits per heavy atom. The molecule has 7 heteroatoms. The molecule has 3 rings (SSSR count). The van der Waals surface area contributed by atoms with Crippen molar-refractivity contribution in [3.63, 3.8) is 0 Å². The highest BCUT2D eigenvalue weighted by atomic mass is 127. The molecule has 1 unspecified atom stereocenters. The Kier molecular flexibility index (Phi) is 10.0. The molecule has 0 saturated carbocycles. The first-order chi connectivity index (χ1) is 13.8. The van der Waals surface area contributed by atoms with Crippen LogP contribution in [0.3, 0.4) is 0 Å². The summed E-state index contributed by atoms with van der Waals surface area (Å²) in [6.45, 7) is 8.34. The molecular formula is C22H32IN5O. The zero-order chi connectivity index (χ0) is 19.6. The Labute approximate surface area is 191 Å². The molecule has 0 spiro atoms. The van der Waals surface area contributed by atoms with Crippen molar-refractivity contribution in [3.05, 3.63) is 54.2 Å². The van der Waals surface area contributed by atoms with E-state index in [2.05, 4.69) is 64.7 Å². The molecule has 1 aliphatic rings. The number of aliphatic imine (C=N–C) groups is 1. The molecule has 2 aromatic rings. The van der Waals surface area contributed by atoms with E-state index >= 15 is 0 Å². The highest BCUT2D eigenvalue weighted by molar-refractivity contribution is 14.0. The minimum atomic E-state index is 0. The number of rotatable bonds is 8. The van der Waals surface area contributed by atoms with Crippen molar-refractivity contribution in [2.24, 2.45) is 4.99 Å². The van der Waals surface area contributed by atoms with E-state index in [0.29, 0.717) is 25.1 Å². The van der Waals surface area contributed by atoms with Gasteiger partial charge in [0.05, 0.1) is 13.2 Å². The summed E-state index contributed by atoms with van der Waals surface area (Å²) < 4.78 is 5.53. The number of anilines is 1. The minimum Gasteiger partial charge on any atom is -0.478 e. The summed E-state index contributed by atoms with van der Waals surface area (Å²) in [5.74, 6) is 1.53. The maximum absolute atomic E-state index is 5.53. The van der Waals surface area contributed by atoms with Crippen molar-refractivity contribution in [3.8, 4) is 5.88 Å². The van der Waals surface area contributed by atoms with Crippen LogP contribution in [0.2, 0.25) is 0 Å². The molecule has 2 heterocycles. The van der Waals surface area contributed by atoms with E-state index in [1.807, 2.05) is 18.3 Å². The van der Waals surface area contributed by atoms with Crippen molar-refractivity contribution < 1.29 is 4.74 Å². The zero-order valence-corrected chi connectivity index (χ0v) is 19.6. The predicted octanol–water partition coefficient (Wildman–Crippen LogP) is 3.82. The summed E-state index contributed by atoms with van der Waals surface area (Å²) in [6.07, 6.45) is 3.92. The third kappa shape index (κ3) is 7.38. The number of nitrogens with one attached hydrogen (secondary N) is 2. The van der Waals surface area contributed by atoms with Crippen LogP contribution in [0, 0.1) is 0 Å². The SMILES string of the molecule is CCCOc1ccc(CN=C(NCC)NC2CCN(c3ccccc3)C2)cn1.I. The van der Waals surface area contributed by atoms with Gasteiger partial charge < -0.3 is 20.3 Å². The van der Waals surface area contributed by atoms with Gasteiger partial charge in [0.1, 0.15) is 0 Å². The zero-order valence-electron chi connectivity index (χ0n) is 17.3. The molecule has 1 fully saturated rings. The van der Waals surface area contributed by atoms with Gasteiger partial charge in [0.25, 0.3) is 0 Å². The van der Waals surface area contributed by atoms with Crippen molar-refractivity contribution >= 4 is 35.6 Å². The lowest BCUT2D eigenvalue weighted by molar-refractivity contribution is 0.305. The summed E-state index contributed by atoms with van der Waals surface area (Å²) in [6, 6.07) is 14.9. The summed E-state index contributed by atoms with van der Waals surface area (Å²) >= 11 is 0. The first-order valence-corrected chi connectivity index (χ1v) is 10.2. The third-order valence-electron chi connectivity index (χ3n) is 4.67. The molecule has 6 nitrogen and oxygen atoms in total. The molecule has 1 aromatic heterocycles. The van der Waals surface area contributed by atoms with Crippen LogP contribution in [0.25, 0.3) is 0 Å². The Hall–Kier alpha value is -2.03. The van der Waals surface area contributed by atoms with Gasteiger partial charge in [0.2, 0.25) is 5.88 Å². The number of nitrogens with zero attached hydrogens (tertiary/aromatic N) is 3. The number of hydrogen-bond donors (Lipinski definition) is 2. The van der Waals surface area contributed by atoms with Gasteiger partial charge in [-0.1, -0.05) is 31.2 Å². The van der Waals surface area contributed by atoms with E-state index in [1.54, 1.807) is 0 Å². The molecule has 0 aliphatic carbocycles. The lowest BCUT2D eigenvalue weighted by Crippen LogP contribution is -2.44. The molecule has 1 aliphatic heterocycles. The Balaban J connectivity index is 0.00000300. The summed E-state index contributed by atoms with van der Waals surface area (Å²) in [5.41, 5.74) is 2.35. The number of ether oxygens (including phenoxy) is 1. The Morgan fingerprint density at radius 2 is 2.03 bits per heavy atom. The van der Waals surface area contributed by atoms with Crippen molar-refractivity contribution in [2.45, 2.75) is 39.3 Å². The lowest BCUT2D eigenvalue weighted by Gasteiger charge is -2.20. The van der Waals surface area contributed by atoms with E-state index in [4.69, 9.17) is 9.73 Å². The summed E-state index contributed by atoms with van der Waals surface area (Å²) in [7, 11) is 0. The van der Waals surface area contributed by atoms with Crippen molar-refractivity contribution in [2.75, 3.05) is 31.1 Å². The van der Waals surface area contributed by atoms with E-state index in [9.17, 15) is 0 Å². The number of pyridine rings is 1. The minimum absolute atomic E-state index is 0. The van der Waals surface area contributed by atoms with Gasteiger partial charge in [-0.05, 0) is 37.5 Å². The molecule has 2 N–H and O–H groups in total. The molecule has 0 bridgehead atoms. The van der Waals surface area contributed by atoms with Crippen molar-refractivity contribution in [1.29, 1.82) is 0 Å². The van der Waals surface area contributed by atoms with Gasteiger partial charge in [0, 0.05) is 43.6 Å². The van der Waals surface area contributed by atoms with Gasteiger partial charge in [-0.2, -0.15) is 0 Å². The number of guanidine groups is 1. The quantitative estimate of drug-likeness (QED) is 0.322.